The van der Waals surface area contributed by atoms with Crippen LogP contribution >= 0.6 is 0 Å². The van der Waals surface area contributed by atoms with Crippen LogP contribution in [0, 0.1) is 5.82 Å². The molecule has 0 N–H and O–H groups in total. The Morgan fingerprint density at radius 2 is 1.78 bits per heavy atom. The van der Waals surface area contributed by atoms with E-state index in [2.05, 4.69) is 25.0 Å². The van der Waals surface area contributed by atoms with Crippen LogP contribution in [0.4, 0.5) is 30.7 Å². The molecule has 1 unspecified atom stereocenters. The summed E-state index contributed by atoms with van der Waals surface area (Å²) < 4.78 is 94.9. The van der Waals surface area contributed by atoms with E-state index in [0.717, 1.165) is 12.3 Å². The molecule has 0 radical (unpaired) electrons. The van der Waals surface area contributed by atoms with Crippen LogP contribution < -0.4 is 4.74 Å². The Kier molecular flexibility index (Phi) is 4.40. The summed E-state index contributed by atoms with van der Waals surface area (Å²) in [5.74, 6) is -3.51. The van der Waals surface area contributed by atoms with Gasteiger partial charge in [0.1, 0.15) is 0 Å². The molecule has 0 spiro atoms. The summed E-state index contributed by atoms with van der Waals surface area (Å²) >= 11 is 0. The summed E-state index contributed by atoms with van der Waals surface area (Å²) in [5.41, 5.74) is -0.406. The largest absolute Gasteiger partial charge is 0.463 e. The number of rotatable bonds is 3. The zero-order valence-electron chi connectivity index (χ0n) is 13.2. The lowest BCUT2D eigenvalue weighted by Gasteiger charge is -2.17. The van der Waals surface area contributed by atoms with E-state index >= 15 is 0 Å². The highest BCUT2D eigenvalue weighted by Gasteiger charge is 2.39. The summed E-state index contributed by atoms with van der Waals surface area (Å²) in [6.07, 6.45) is -10.9. The average molecular weight is 395 g/mol. The van der Waals surface area contributed by atoms with Crippen molar-refractivity contribution in [2.45, 2.75) is 25.4 Å². The van der Waals surface area contributed by atoms with Gasteiger partial charge in [0.15, 0.2) is 17.6 Å². The monoisotopic (exact) mass is 395 g/mol. The number of hydrogen-bond acceptors (Lipinski definition) is 5. The highest BCUT2D eigenvalue weighted by Crippen LogP contribution is 2.29. The number of aromatic nitrogens is 5. The molecule has 0 saturated carbocycles. The van der Waals surface area contributed by atoms with Crippen molar-refractivity contribution in [2.24, 2.45) is 0 Å². The first-order valence-corrected chi connectivity index (χ1v) is 7.16. The Morgan fingerprint density at radius 1 is 1.07 bits per heavy atom. The van der Waals surface area contributed by atoms with Crippen LogP contribution in [0.2, 0.25) is 0 Å². The number of nitrogens with zero attached hydrogens (tertiary/aromatic N) is 5. The molecular weight excluding hydrogens is 387 g/mol. The van der Waals surface area contributed by atoms with Crippen molar-refractivity contribution in [3.8, 4) is 17.1 Å². The van der Waals surface area contributed by atoms with Crippen molar-refractivity contribution >= 4 is 5.65 Å². The van der Waals surface area contributed by atoms with Crippen molar-refractivity contribution in [1.82, 2.24) is 24.8 Å². The van der Waals surface area contributed by atoms with Crippen molar-refractivity contribution in [3.63, 3.8) is 0 Å². The zero-order chi connectivity index (χ0) is 20.0. The average Bonchev–Trinajstić information content (AvgIpc) is 2.99. The maximum atomic E-state index is 14.0. The maximum absolute atomic E-state index is 14.0. The molecule has 6 nitrogen and oxygen atoms in total. The lowest BCUT2D eigenvalue weighted by atomic mass is 10.2. The first kappa shape index (κ1) is 18.8. The van der Waals surface area contributed by atoms with Gasteiger partial charge in [-0.05, 0) is 25.1 Å². The van der Waals surface area contributed by atoms with Gasteiger partial charge in [0.2, 0.25) is 0 Å². The SMILES string of the molecule is CC(Oc1ncc(-c2ccc3nnc(C(F)(F)F)n3n2)cc1F)C(F)(F)F. The van der Waals surface area contributed by atoms with Gasteiger partial charge in [0.25, 0.3) is 11.7 Å². The van der Waals surface area contributed by atoms with E-state index in [0.29, 0.717) is 11.4 Å². The minimum absolute atomic E-state index is 0.0803. The lowest BCUT2D eigenvalue weighted by Crippen LogP contribution is -2.31. The van der Waals surface area contributed by atoms with Crippen LogP contribution in [0.3, 0.4) is 0 Å². The molecule has 0 bridgehead atoms. The normalized spacial score (nSPS) is 13.8. The van der Waals surface area contributed by atoms with Crippen molar-refractivity contribution < 1.29 is 35.5 Å². The van der Waals surface area contributed by atoms with Crippen molar-refractivity contribution in [1.29, 1.82) is 0 Å². The predicted molar refractivity (Wildman–Crippen MR) is 75.1 cm³/mol. The maximum Gasteiger partial charge on any atom is 0.453 e. The molecule has 3 aromatic rings. The van der Waals surface area contributed by atoms with Gasteiger partial charge in [-0.3, -0.25) is 0 Å². The highest BCUT2D eigenvalue weighted by atomic mass is 19.4. The smallest absolute Gasteiger partial charge is 0.453 e. The molecule has 0 aliphatic rings. The second-order valence-electron chi connectivity index (χ2n) is 5.32. The molecule has 0 aromatic carbocycles. The van der Waals surface area contributed by atoms with E-state index in [1.165, 1.54) is 12.1 Å². The standard InChI is InChI=1S/C14H8F7N5O/c1-6(13(16,17)18)27-11-8(15)4-7(5-22-11)9-2-3-10-23-24-12(14(19,20)21)26(10)25-9/h2-6H,1H3. The van der Waals surface area contributed by atoms with Crippen LogP contribution in [0.1, 0.15) is 12.7 Å². The zero-order valence-corrected chi connectivity index (χ0v) is 13.2. The van der Waals surface area contributed by atoms with Gasteiger partial charge >= 0.3 is 12.4 Å². The molecular formula is C14H8F7N5O. The molecule has 144 valence electrons. The first-order valence-electron chi connectivity index (χ1n) is 7.16. The third-order valence-electron chi connectivity index (χ3n) is 3.37. The Hall–Kier alpha value is -2.99. The van der Waals surface area contributed by atoms with Gasteiger partial charge in [-0.1, -0.05) is 0 Å². The highest BCUT2D eigenvalue weighted by molar-refractivity contribution is 5.59. The molecule has 0 fully saturated rings. The van der Waals surface area contributed by atoms with E-state index in [-0.39, 0.29) is 16.9 Å². The third kappa shape index (κ3) is 3.75. The van der Waals surface area contributed by atoms with E-state index in [1.54, 1.807) is 0 Å². The fraction of sp³-hybridized carbons (Fsp3) is 0.286. The predicted octanol–water partition coefficient (Wildman–Crippen LogP) is 3.67. The molecule has 27 heavy (non-hydrogen) atoms. The van der Waals surface area contributed by atoms with Gasteiger partial charge < -0.3 is 4.74 Å². The molecule has 0 amide bonds. The van der Waals surface area contributed by atoms with Gasteiger partial charge in [-0.15, -0.1) is 10.2 Å². The van der Waals surface area contributed by atoms with E-state index in [9.17, 15) is 30.7 Å². The van der Waals surface area contributed by atoms with Crippen molar-refractivity contribution in [2.75, 3.05) is 0 Å². The second kappa shape index (κ2) is 6.32. The minimum Gasteiger partial charge on any atom is -0.463 e. The molecule has 3 heterocycles. The Labute approximate surface area is 145 Å². The third-order valence-corrected chi connectivity index (χ3v) is 3.37. The fourth-order valence-corrected chi connectivity index (χ4v) is 2.01. The second-order valence-corrected chi connectivity index (χ2v) is 5.32. The van der Waals surface area contributed by atoms with Gasteiger partial charge in [-0.25, -0.2) is 9.37 Å². The summed E-state index contributed by atoms with van der Waals surface area (Å²) in [5, 5.41) is 10.0. The lowest BCUT2D eigenvalue weighted by molar-refractivity contribution is -0.190. The van der Waals surface area contributed by atoms with E-state index < -0.39 is 36.0 Å². The van der Waals surface area contributed by atoms with Crippen LogP contribution in [0.5, 0.6) is 5.88 Å². The van der Waals surface area contributed by atoms with Gasteiger partial charge in [0, 0.05) is 11.8 Å². The first-order chi connectivity index (χ1) is 12.5. The fourth-order valence-electron chi connectivity index (χ4n) is 2.01. The Morgan fingerprint density at radius 3 is 2.37 bits per heavy atom. The quantitative estimate of drug-likeness (QED) is 0.634. The van der Waals surface area contributed by atoms with E-state index in [4.69, 9.17) is 0 Å². The Balaban J connectivity index is 1.96. The molecule has 3 aromatic heterocycles. The Bertz CT molecular complexity index is 982. The molecule has 0 aliphatic carbocycles. The number of hydrogen-bond donors (Lipinski definition) is 0. The number of alkyl halides is 6. The van der Waals surface area contributed by atoms with E-state index in [1.807, 2.05) is 0 Å². The number of halogens is 7. The topological polar surface area (TPSA) is 65.2 Å². The number of fused-ring (bicyclic) bond motifs is 1. The van der Waals surface area contributed by atoms with Crippen LogP contribution in [0.15, 0.2) is 24.4 Å². The van der Waals surface area contributed by atoms with Gasteiger partial charge in [0.05, 0.1) is 5.69 Å². The molecule has 13 heteroatoms. The molecule has 0 saturated heterocycles. The van der Waals surface area contributed by atoms with Crippen molar-refractivity contribution in [3.05, 3.63) is 36.0 Å². The summed E-state index contributed by atoms with van der Waals surface area (Å²) in [4.78, 5) is 3.45. The van der Waals surface area contributed by atoms with Crippen LogP contribution in [-0.4, -0.2) is 37.1 Å². The van der Waals surface area contributed by atoms with Gasteiger partial charge in [-0.2, -0.15) is 36.0 Å². The summed E-state index contributed by atoms with van der Waals surface area (Å²) in [6, 6.07) is 3.15. The minimum atomic E-state index is -4.82. The number of ether oxygens (including phenoxy) is 1. The van der Waals surface area contributed by atoms with Crippen LogP contribution in [-0.2, 0) is 6.18 Å². The van der Waals surface area contributed by atoms with Crippen LogP contribution in [0.25, 0.3) is 16.9 Å². The molecule has 1 atom stereocenters. The summed E-state index contributed by atoms with van der Waals surface area (Å²) in [6.45, 7) is 0.676. The molecule has 3 rings (SSSR count). The molecule has 0 aliphatic heterocycles. The number of pyridine rings is 1. The summed E-state index contributed by atoms with van der Waals surface area (Å²) in [7, 11) is 0.